The highest BCUT2D eigenvalue weighted by Crippen LogP contribution is 2.35. The number of nitrogens with two attached hydrogens (primary N) is 1. The van der Waals surface area contributed by atoms with E-state index < -0.39 is 0 Å². The van der Waals surface area contributed by atoms with Crippen LogP contribution in [0, 0.1) is 0 Å². The van der Waals surface area contributed by atoms with Gasteiger partial charge in [0, 0.05) is 17.7 Å². The summed E-state index contributed by atoms with van der Waals surface area (Å²) in [7, 11) is 1.72. The second kappa shape index (κ2) is 4.90. The molecule has 0 spiro atoms. The highest BCUT2D eigenvalue weighted by atomic mass is 32.2. The first-order valence-corrected chi connectivity index (χ1v) is 6.44. The normalized spacial score (nSPS) is 26.3. The summed E-state index contributed by atoms with van der Waals surface area (Å²) >= 11 is 1.99. The maximum atomic E-state index is 6.17. The largest absolute Gasteiger partial charge is 0.496 e. The fraction of sp³-hybridized carbons (Fsp3) is 0.500. The Labute approximate surface area is 95.2 Å². The molecule has 1 aromatic carbocycles. The predicted octanol–water partition coefficient (Wildman–Crippen LogP) is 2.24. The zero-order valence-corrected chi connectivity index (χ0v) is 9.80. The second-order valence-corrected chi connectivity index (χ2v) is 5.03. The van der Waals surface area contributed by atoms with Gasteiger partial charge in [-0.05, 0) is 23.8 Å². The molecule has 0 aliphatic carbocycles. The zero-order valence-electron chi connectivity index (χ0n) is 8.98. The van der Waals surface area contributed by atoms with Gasteiger partial charge in [-0.2, -0.15) is 11.8 Å². The van der Waals surface area contributed by atoms with E-state index in [0.717, 1.165) is 17.9 Å². The molecule has 0 amide bonds. The number of para-hydroxylation sites is 1. The average molecular weight is 223 g/mol. The van der Waals surface area contributed by atoms with E-state index in [1.165, 1.54) is 11.3 Å². The van der Waals surface area contributed by atoms with Crippen molar-refractivity contribution in [3.8, 4) is 5.75 Å². The fourth-order valence-corrected chi connectivity index (χ4v) is 3.33. The van der Waals surface area contributed by atoms with Crippen molar-refractivity contribution in [2.24, 2.45) is 5.73 Å². The van der Waals surface area contributed by atoms with Crippen LogP contribution in [0.2, 0.25) is 0 Å². The third-order valence-electron chi connectivity index (χ3n) is 2.95. The summed E-state index contributed by atoms with van der Waals surface area (Å²) in [4.78, 5) is 0. The van der Waals surface area contributed by atoms with Gasteiger partial charge in [-0.25, -0.2) is 0 Å². The van der Waals surface area contributed by atoms with Crippen LogP contribution in [0.15, 0.2) is 24.3 Å². The molecule has 2 N–H and O–H groups in total. The summed E-state index contributed by atoms with van der Waals surface area (Å²) in [5, 5.41) is 0. The van der Waals surface area contributed by atoms with Gasteiger partial charge in [-0.3, -0.25) is 0 Å². The van der Waals surface area contributed by atoms with Crippen LogP contribution in [0.4, 0.5) is 0 Å². The van der Waals surface area contributed by atoms with Crippen LogP contribution < -0.4 is 10.5 Å². The number of hydrogen-bond acceptors (Lipinski definition) is 3. The molecule has 2 nitrogen and oxygen atoms in total. The van der Waals surface area contributed by atoms with Crippen LogP contribution in [-0.4, -0.2) is 24.7 Å². The molecule has 1 aliphatic heterocycles. The van der Waals surface area contributed by atoms with Crippen molar-refractivity contribution < 1.29 is 4.74 Å². The Morgan fingerprint density at radius 2 is 2.20 bits per heavy atom. The maximum absolute atomic E-state index is 6.17. The first-order valence-electron chi connectivity index (χ1n) is 5.29. The highest BCUT2D eigenvalue weighted by Gasteiger charge is 2.25. The molecule has 1 heterocycles. The fourth-order valence-electron chi connectivity index (χ4n) is 2.05. The lowest BCUT2D eigenvalue weighted by molar-refractivity contribution is 0.401. The summed E-state index contributed by atoms with van der Waals surface area (Å²) in [5.74, 6) is 3.72. The van der Waals surface area contributed by atoms with Crippen molar-refractivity contribution >= 4 is 11.8 Å². The number of rotatable bonds is 2. The van der Waals surface area contributed by atoms with Crippen LogP contribution in [0.25, 0.3) is 0 Å². The number of ether oxygens (including phenoxy) is 1. The SMILES string of the molecule is COc1ccccc1C1CSCCC1N. The first kappa shape index (κ1) is 10.8. The quantitative estimate of drug-likeness (QED) is 0.835. The van der Waals surface area contributed by atoms with Crippen LogP contribution in [0.1, 0.15) is 17.9 Å². The standard InChI is InChI=1S/C12H17NOS/c1-14-12-5-3-2-4-9(12)10-8-15-7-6-11(10)13/h2-5,10-11H,6-8,13H2,1H3. The zero-order chi connectivity index (χ0) is 10.7. The summed E-state index contributed by atoms with van der Waals surface area (Å²) < 4.78 is 5.38. The lowest BCUT2D eigenvalue weighted by Gasteiger charge is -2.29. The van der Waals surface area contributed by atoms with E-state index in [2.05, 4.69) is 12.1 Å². The van der Waals surface area contributed by atoms with Crippen molar-refractivity contribution in [1.82, 2.24) is 0 Å². The van der Waals surface area contributed by atoms with E-state index in [4.69, 9.17) is 10.5 Å². The van der Waals surface area contributed by atoms with Gasteiger partial charge in [-0.15, -0.1) is 0 Å². The Hall–Kier alpha value is -0.670. The minimum atomic E-state index is 0.280. The summed E-state index contributed by atoms with van der Waals surface area (Å²) in [5.41, 5.74) is 7.43. The van der Waals surface area contributed by atoms with Gasteiger partial charge >= 0.3 is 0 Å². The molecular formula is C12H17NOS. The Morgan fingerprint density at radius 3 is 2.93 bits per heavy atom. The minimum absolute atomic E-state index is 0.280. The Bertz CT molecular complexity index is 329. The van der Waals surface area contributed by atoms with E-state index in [9.17, 15) is 0 Å². The molecule has 82 valence electrons. The lowest BCUT2D eigenvalue weighted by atomic mass is 9.91. The minimum Gasteiger partial charge on any atom is -0.496 e. The molecule has 2 atom stereocenters. The van der Waals surface area contributed by atoms with E-state index in [1.807, 2.05) is 23.9 Å². The van der Waals surface area contributed by atoms with Gasteiger partial charge in [0.05, 0.1) is 7.11 Å². The molecule has 2 rings (SSSR count). The van der Waals surface area contributed by atoms with Crippen LogP contribution in [-0.2, 0) is 0 Å². The Kier molecular flexibility index (Phi) is 3.54. The third-order valence-corrected chi connectivity index (χ3v) is 4.07. The summed E-state index contributed by atoms with van der Waals surface area (Å²) in [6.45, 7) is 0. The molecule has 15 heavy (non-hydrogen) atoms. The molecule has 1 saturated heterocycles. The molecule has 0 bridgehead atoms. The van der Waals surface area contributed by atoms with Crippen molar-refractivity contribution in [3.63, 3.8) is 0 Å². The Balaban J connectivity index is 2.26. The van der Waals surface area contributed by atoms with E-state index in [0.29, 0.717) is 5.92 Å². The lowest BCUT2D eigenvalue weighted by Crippen LogP contribution is -2.33. The number of benzene rings is 1. The highest BCUT2D eigenvalue weighted by molar-refractivity contribution is 7.99. The molecule has 3 heteroatoms. The van der Waals surface area contributed by atoms with Crippen LogP contribution in [0.5, 0.6) is 5.75 Å². The second-order valence-electron chi connectivity index (χ2n) is 3.88. The van der Waals surface area contributed by atoms with Gasteiger partial charge < -0.3 is 10.5 Å². The topological polar surface area (TPSA) is 35.2 Å². The van der Waals surface area contributed by atoms with Gasteiger partial charge in [-0.1, -0.05) is 18.2 Å². The number of thioether (sulfide) groups is 1. The molecule has 0 aromatic heterocycles. The maximum Gasteiger partial charge on any atom is 0.122 e. The molecule has 1 aliphatic rings. The van der Waals surface area contributed by atoms with E-state index in [-0.39, 0.29) is 6.04 Å². The predicted molar refractivity (Wildman–Crippen MR) is 65.7 cm³/mol. The van der Waals surface area contributed by atoms with Gasteiger partial charge in [0.1, 0.15) is 5.75 Å². The molecule has 1 aromatic rings. The van der Waals surface area contributed by atoms with Crippen molar-refractivity contribution in [2.45, 2.75) is 18.4 Å². The summed E-state index contributed by atoms with van der Waals surface area (Å²) in [6, 6.07) is 8.49. The number of hydrogen-bond donors (Lipinski definition) is 1. The van der Waals surface area contributed by atoms with Crippen molar-refractivity contribution in [3.05, 3.63) is 29.8 Å². The van der Waals surface area contributed by atoms with E-state index >= 15 is 0 Å². The van der Waals surface area contributed by atoms with E-state index in [1.54, 1.807) is 7.11 Å². The molecule has 0 saturated carbocycles. The van der Waals surface area contributed by atoms with Gasteiger partial charge in [0.15, 0.2) is 0 Å². The number of methoxy groups -OCH3 is 1. The van der Waals surface area contributed by atoms with Crippen LogP contribution >= 0.6 is 11.8 Å². The molecular weight excluding hydrogens is 206 g/mol. The summed E-state index contributed by atoms with van der Waals surface area (Å²) in [6.07, 6.45) is 1.10. The molecule has 1 fully saturated rings. The van der Waals surface area contributed by atoms with Gasteiger partial charge in [0.2, 0.25) is 0 Å². The average Bonchev–Trinajstić information content (AvgIpc) is 2.30. The third kappa shape index (κ3) is 2.29. The molecule has 0 radical (unpaired) electrons. The smallest absolute Gasteiger partial charge is 0.122 e. The van der Waals surface area contributed by atoms with Crippen molar-refractivity contribution in [1.29, 1.82) is 0 Å². The molecule has 2 unspecified atom stereocenters. The van der Waals surface area contributed by atoms with Gasteiger partial charge in [0.25, 0.3) is 0 Å². The van der Waals surface area contributed by atoms with Crippen molar-refractivity contribution in [2.75, 3.05) is 18.6 Å². The Morgan fingerprint density at radius 1 is 1.40 bits per heavy atom. The van der Waals surface area contributed by atoms with Crippen LogP contribution in [0.3, 0.4) is 0 Å². The first-order chi connectivity index (χ1) is 7.33. The monoisotopic (exact) mass is 223 g/mol.